The Bertz CT molecular complexity index is 897. The summed E-state index contributed by atoms with van der Waals surface area (Å²) in [5.74, 6) is 0.419. The number of hydrogen-bond donors (Lipinski definition) is 0. The molecule has 0 saturated carbocycles. The van der Waals surface area contributed by atoms with Crippen molar-refractivity contribution in [2.45, 2.75) is 52.4 Å². The van der Waals surface area contributed by atoms with E-state index in [-0.39, 0.29) is 19.1 Å². The Morgan fingerprint density at radius 2 is 1.65 bits per heavy atom. The zero-order chi connectivity index (χ0) is 24.6. The predicted molar refractivity (Wildman–Crippen MR) is 136 cm³/mol. The molecule has 184 valence electrons. The van der Waals surface area contributed by atoms with Crippen molar-refractivity contribution < 1.29 is 23.8 Å². The summed E-state index contributed by atoms with van der Waals surface area (Å²) in [5, 5.41) is 0. The van der Waals surface area contributed by atoms with Crippen molar-refractivity contribution in [3.8, 4) is 11.5 Å². The van der Waals surface area contributed by atoms with Crippen LogP contribution in [0.4, 0.5) is 5.69 Å². The van der Waals surface area contributed by atoms with Crippen molar-refractivity contribution in [1.82, 2.24) is 0 Å². The normalized spacial score (nSPS) is 10.4. The summed E-state index contributed by atoms with van der Waals surface area (Å²) >= 11 is 0. The summed E-state index contributed by atoms with van der Waals surface area (Å²) in [6.45, 7) is 8.50. The van der Waals surface area contributed by atoms with Crippen LogP contribution in [-0.4, -0.2) is 38.2 Å². The Hall–Kier alpha value is -3.28. The fourth-order valence-electron chi connectivity index (χ4n) is 3.54. The maximum absolute atomic E-state index is 13.3. The molecule has 0 heterocycles. The number of hydrogen-bond acceptors (Lipinski definition) is 5. The van der Waals surface area contributed by atoms with Gasteiger partial charge in [-0.2, -0.15) is 0 Å². The summed E-state index contributed by atoms with van der Waals surface area (Å²) in [6, 6.07) is 14.3. The highest BCUT2D eigenvalue weighted by molar-refractivity contribution is 6.03. The largest absolute Gasteiger partial charge is 0.490 e. The molecule has 0 aliphatic carbocycles. The zero-order valence-electron chi connectivity index (χ0n) is 20.5. The van der Waals surface area contributed by atoms with Crippen LogP contribution in [0, 0.1) is 0 Å². The number of amides is 1. The Morgan fingerprint density at radius 1 is 0.912 bits per heavy atom. The van der Waals surface area contributed by atoms with Crippen molar-refractivity contribution >= 4 is 17.6 Å². The van der Waals surface area contributed by atoms with Gasteiger partial charge >= 0.3 is 5.97 Å². The fraction of sp³-hybridized carbons (Fsp3) is 0.429. The molecule has 0 atom stereocenters. The monoisotopic (exact) mass is 467 g/mol. The molecule has 0 aromatic heterocycles. The highest BCUT2D eigenvalue weighted by atomic mass is 16.5. The van der Waals surface area contributed by atoms with Gasteiger partial charge < -0.3 is 19.1 Å². The van der Waals surface area contributed by atoms with E-state index in [1.807, 2.05) is 18.2 Å². The van der Waals surface area contributed by atoms with E-state index in [9.17, 15) is 9.59 Å². The van der Waals surface area contributed by atoms with Crippen LogP contribution in [0.15, 0.2) is 61.2 Å². The SMILES string of the molecule is C=CCOc1ccc(N(CCCCCCCC)C(=O)COc2ccccc2)c(C(=O)OCC)c1. The highest BCUT2D eigenvalue weighted by Crippen LogP contribution is 2.28. The molecule has 0 fully saturated rings. The highest BCUT2D eigenvalue weighted by Gasteiger charge is 2.24. The van der Waals surface area contributed by atoms with Crippen LogP contribution in [0.1, 0.15) is 62.7 Å². The molecule has 1 amide bonds. The van der Waals surface area contributed by atoms with E-state index in [4.69, 9.17) is 14.2 Å². The van der Waals surface area contributed by atoms with Gasteiger partial charge in [0.25, 0.3) is 5.91 Å². The number of carbonyl (C=O) groups excluding carboxylic acids is 2. The number of para-hydroxylation sites is 1. The number of nitrogens with zero attached hydrogens (tertiary/aromatic N) is 1. The van der Waals surface area contributed by atoms with Gasteiger partial charge in [0.15, 0.2) is 6.61 Å². The lowest BCUT2D eigenvalue weighted by Crippen LogP contribution is -2.37. The van der Waals surface area contributed by atoms with Gasteiger partial charge in [-0.3, -0.25) is 4.79 Å². The Balaban J connectivity index is 2.25. The number of anilines is 1. The van der Waals surface area contributed by atoms with Crippen LogP contribution in [0.5, 0.6) is 11.5 Å². The maximum atomic E-state index is 13.3. The molecular formula is C28H37NO5. The second-order valence-corrected chi connectivity index (χ2v) is 7.91. The Morgan fingerprint density at radius 3 is 2.35 bits per heavy atom. The minimum atomic E-state index is -0.494. The number of unbranched alkanes of at least 4 members (excludes halogenated alkanes) is 5. The lowest BCUT2D eigenvalue weighted by atomic mass is 10.1. The van der Waals surface area contributed by atoms with E-state index < -0.39 is 5.97 Å². The van der Waals surface area contributed by atoms with Crippen molar-refractivity contribution in [2.75, 3.05) is 31.3 Å². The molecule has 2 aromatic rings. The number of benzene rings is 2. The first-order valence-corrected chi connectivity index (χ1v) is 12.1. The molecule has 0 spiro atoms. The third kappa shape index (κ3) is 8.93. The quantitative estimate of drug-likeness (QED) is 0.167. The molecule has 0 unspecified atom stereocenters. The average Bonchev–Trinajstić information content (AvgIpc) is 2.86. The van der Waals surface area contributed by atoms with Gasteiger partial charge in [-0.25, -0.2) is 4.79 Å². The first-order chi connectivity index (χ1) is 16.6. The van der Waals surface area contributed by atoms with Crippen LogP contribution >= 0.6 is 0 Å². The summed E-state index contributed by atoms with van der Waals surface area (Å²) < 4.78 is 16.6. The van der Waals surface area contributed by atoms with Crippen molar-refractivity contribution in [3.63, 3.8) is 0 Å². The van der Waals surface area contributed by atoms with Gasteiger partial charge in [0.05, 0.1) is 17.9 Å². The Labute approximate surface area is 203 Å². The van der Waals surface area contributed by atoms with Gasteiger partial charge in [-0.05, 0) is 43.7 Å². The van der Waals surface area contributed by atoms with Gasteiger partial charge in [0, 0.05) is 6.54 Å². The molecule has 2 aromatic carbocycles. The fourth-order valence-corrected chi connectivity index (χ4v) is 3.54. The molecular weight excluding hydrogens is 430 g/mol. The lowest BCUT2D eigenvalue weighted by molar-refractivity contribution is -0.120. The molecule has 0 N–H and O–H groups in total. The molecule has 2 rings (SSSR count). The van der Waals surface area contributed by atoms with Crippen molar-refractivity contribution in [1.29, 1.82) is 0 Å². The summed E-state index contributed by atoms with van der Waals surface area (Å²) in [7, 11) is 0. The molecule has 6 nitrogen and oxygen atoms in total. The van der Waals surface area contributed by atoms with Crippen LogP contribution in [0.25, 0.3) is 0 Å². The van der Waals surface area contributed by atoms with Crippen LogP contribution in [-0.2, 0) is 9.53 Å². The number of rotatable bonds is 16. The van der Waals surface area contributed by atoms with Crippen LogP contribution < -0.4 is 14.4 Å². The van der Waals surface area contributed by atoms with Gasteiger partial charge in [0.1, 0.15) is 18.1 Å². The third-order valence-electron chi connectivity index (χ3n) is 5.26. The molecule has 0 bridgehead atoms. The molecule has 0 aliphatic heterocycles. The lowest BCUT2D eigenvalue weighted by Gasteiger charge is -2.25. The number of carbonyl (C=O) groups is 2. The van der Waals surface area contributed by atoms with Crippen molar-refractivity contribution in [3.05, 3.63) is 66.7 Å². The topological polar surface area (TPSA) is 65.1 Å². The van der Waals surface area contributed by atoms with Gasteiger partial charge in [-0.15, -0.1) is 0 Å². The molecule has 0 aliphatic rings. The average molecular weight is 468 g/mol. The maximum Gasteiger partial charge on any atom is 0.340 e. The first kappa shape index (κ1) is 27.0. The standard InChI is InChI=1S/C28H37NO5/c1-4-7-8-9-10-14-19-29(27(30)22-34-23-15-12-11-13-16-23)26-18-17-24(33-20-5-2)21-25(26)28(31)32-6-3/h5,11-13,15-18,21H,2,4,6-10,14,19-20,22H2,1,3H3. The molecule has 0 radical (unpaired) electrons. The summed E-state index contributed by atoms with van der Waals surface area (Å²) in [4.78, 5) is 27.7. The smallest absolute Gasteiger partial charge is 0.340 e. The summed E-state index contributed by atoms with van der Waals surface area (Å²) in [6.07, 6.45) is 8.18. The minimum Gasteiger partial charge on any atom is -0.490 e. The Kier molecular flexibility index (Phi) is 12.3. The summed E-state index contributed by atoms with van der Waals surface area (Å²) in [5.41, 5.74) is 0.794. The predicted octanol–water partition coefficient (Wildman–Crippen LogP) is 6.20. The van der Waals surface area contributed by atoms with Crippen LogP contribution in [0.2, 0.25) is 0 Å². The third-order valence-corrected chi connectivity index (χ3v) is 5.26. The van der Waals surface area contributed by atoms with Crippen LogP contribution in [0.3, 0.4) is 0 Å². The molecule has 34 heavy (non-hydrogen) atoms. The van der Waals surface area contributed by atoms with E-state index in [2.05, 4.69) is 13.5 Å². The van der Waals surface area contributed by atoms with E-state index >= 15 is 0 Å². The second-order valence-electron chi connectivity index (χ2n) is 7.91. The first-order valence-electron chi connectivity index (χ1n) is 12.1. The zero-order valence-corrected chi connectivity index (χ0v) is 20.5. The minimum absolute atomic E-state index is 0.128. The number of esters is 1. The van der Waals surface area contributed by atoms with Crippen molar-refractivity contribution in [2.24, 2.45) is 0 Å². The van der Waals surface area contributed by atoms with Gasteiger partial charge in [0.2, 0.25) is 0 Å². The number of ether oxygens (including phenoxy) is 3. The van der Waals surface area contributed by atoms with E-state index in [1.54, 1.807) is 48.2 Å². The van der Waals surface area contributed by atoms with E-state index in [0.29, 0.717) is 35.9 Å². The molecule has 6 heteroatoms. The van der Waals surface area contributed by atoms with E-state index in [1.165, 1.54) is 19.3 Å². The van der Waals surface area contributed by atoms with Gasteiger partial charge in [-0.1, -0.05) is 69.9 Å². The van der Waals surface area contributed by atoms with E-state index in [0.717, 1.165) is 19.3 Å². The molecule has 0 saturated heterocycles. The second kappa shape index (κ2) is 15.5.